The summed E-state index contributed by atoms with van der Waals surface area (Å²) in [5.41, 5.74) is -0.473. The molecule has 35 heavy (non-hydrogen) atoms. The van der Waals surface area contributed by atoms with E-state index in [1.54, 1.807) is 27.7 Å². The first-order valence-corrected chi connectivity index (χ1v) is 12.0. The fraction of sp³-hybridized carbons (Fsp3) is 0.600. The van der Waals surface area contributed by atoms with E-state index in [0.29, 0.717) is 5.56 Å². The first-order valence-electron chi connectivity index (χ1n) is 12.0. The molecule has 0 heterocycles. The van der Waals surface area contributed by atoms with E-state index in [4.69, 9.17) is 4.74 Å². The zero-order valence-electron chi connectivity index (χ0n) is 20.8. The number of amides is 3. The Morgan fingerprint density at radius 1 is 1.11 bits per heavy atom. The predicted octanol–water partition coefficient (Wildman–Crippen LogP) is 3.76. The molecule has 1 aromatic rings. The molecule has 0 bridgehead atoms. The van der Waals surface area contributed by atoms with Gasteiger partial charge in [-0.2, -0.15) is 0 Å². The van der Waals surface area contributed by atoms with Gasteiger partial charge in [0.05, 0.1) is 5.69 Å². The van der Waals surface area contributed by atoms with Crippen molar-refractivity contribution < 1.29 is 33.4 Å². The second-order valence-electron chi connectivity index (χ2n) is 9.84. The third kappa shape index (κ3) is 9.18. The van der Waals surface area contributed by atoms with Crippen LogP contribution in [0.3, 0.4) is 0 Å². The second kappa shape index (κ2) is 12.5. The molecule has 2 atom stereocenters. The van der Waals surface area contributed by atoms with Gasteiger partial charge in [-0.05, 0) is 57.2 Å². The van der Waals surface area contributed by atoms with Gasteiger partial charge in [0.15, 0.2) is 0 Å². The van der Waals surface area contributed by atoms with Crippen LogP contribution in [0.25, 0.3) is 0 Å². The highest BCUT2D eigenvalue weighted by Crippen LogP contribution is 2.28. The molecule has 9 nitrogen and oxygen atoms in total. The molecular weight excluding hydrogens is 457 g/mol. The predicted molar refractivity (Wildman–Crippen MR) is 128 cm³/mol. The molecule has 4 N–H and O–H groups in total. The summed E-state index contributed by atoms with van der Waals surface area (Å²) >= 11 is 0. The van der Waals surface area contributed by atoms with Crippen LogP contribution in [0, 0.1) is 11.7 Å². The zero-order valence-corrected chi connectivity index (χ0v) is 20.8. The molecule has 194 valence electrons. The van der Waals surface area contributed by atoms with Gasteiger partial charge in [-0.1, -0.05) is 32.3 Å². The molecule has 0 saturated heterocycles. The highest BCUT2D eigenvalue weighted by molar-refractivity contribution is 5.97. The van der Waals surface area contributed by atoms with Crippen molar-refractivity contribution >= 4 is 29.6 Å². The summed E-state index contributed by atoms with van der Waals surface area (Å²) in [5.74, 6) is -3.05. The molecular formula is C25H36FN3O6. The molecule has 1 aromatic carbocycles. The van der Waals surface area contributed by atoms with Crippen LogP contribution < -0.4 is 16.0 Å². The molecule has 0 unspecified atom stereocenters. The Hall–Kier alpha value is -3.17. The second-order valence-corrected chi connectivity index (χ2v) is 9.84. The lowest BCUT2D eigenvalue weighted by atomic mass is 9.83. The lowest BCUT2D eigenvalue weighted by Crippen LogP contribution is -2.50. The third-order valence-corrected chi connectivity index (χ3v) is 5.76. The van der Waals surface area contributed by atoms with Crippen molar-refractivity contribution in [2.24, 2.45) is 5.92 Å². The van der Waals surface area contributed by atoms with E-state index in [9.17, 15) is 28.7 Å². The molecule has 1 fully saturated rings. The molecule has 1 saturated carbocycles. The lowest BCUT2D eigenvalue weighted by Gasteiger charge is -2.31. The van der Waals surface area contributed by atoms with Crippen molar-refractivity contribution in [2.45, 2.75) is 90.3 Å². The number of carbonyl (C=O) groups is 4. The number of alkyl carbamates (subject to hydrolysis) is 1. The third-order valence-electron chi connectivity index (χ3n) is 5.76. The number of anilines is 1. The summed E-state index contributed by atoms with van der Waals surface area (Å²) in [4.78, 5) is 48.5. The van der Waals surface area contributed by atoms with E-state index < -0.39 is 47.4 Å². The van der Waals surface area contributed by atoms with Crippen LogP contribution in [0.15, 0.2) is 18.2 Å². The maximum atomic E-state index is 14.8. The average Bonchev–Trinajstić information content (AvgIpc) is 2.77. The lowest BCUT2D eigenvalue weighted by molar-refractivity contribution is -0.141. The van der Waals surface area contributed by atoms with Gasteiger partial charge in [0.25, 0.3) is 0 Å². The quantitative estimate of drug-likeness (QED) is 0.414. The number of aliphatic carboxylic acids is 1. The summed E-state index contributed by atoms with van der Waals surface area (Å²) in [6.45, 7) is 6.77. The Kier molecular flexibility index (Phi) is 10.0. The van der Waals surface area contributed by atoms with Crippen molar-refractivity contribution in [3.8, 4) is 0 Å². The molecule has 0 spiro atoms. The van der Waals surface area contributed by atoms with Gasteiger partial charge >= 0.3 is 12.1 Å². The Balaban J connectivity index is 2.14. The number of rotatable bonds is 9. The number of carboxylic acids is 1. The smallest absolute Gasteiger partial charge is 0.408 e. The molecule has 3 amide bonds. The van der Waals surface area contributed by atoms with Gasteiger partial charge < -0.3 is 25.8 Å². The van der Waals surface area contributed by atoms with Gasteiger partial charge in [-0.25, -0.2) is 14.0 Å². The monoisotopic (exact) mass is 493 g/mol. The van der Waals surface area contributed by atoms with Crippen LogP contribution in [0.2, 0.25) is 0 Å². The summed E-state index contributed by atoms with van der Waals surface area (Å²) in [5, 5.41) is 16.9. The van der Waals surface area contributed by atoms with Gasteiger partial charge in [0.2, 0.25) is 11.8 Å². The van der Waals surface area contributed by atoms with E-state index in [1.165, 1.54) is 12.1 Å². The van der Waals surface area contributed by atoms with E-state index in [2.05, 4.69) is 16.0 Å². The molecule has 0 aliphatic heterocycles. The molecule has 2 rings (SSSR count). The van der Waals surface area contributed by atoms with E-state index >= 15 is 0 Å². The van der Waals surface area contributed by atoms with Crippen LogP contribution in [0.1, 0.15) is 71.8 Å². The Morgan fingerprint density at radius 2 is 1.77 bits per heavy atom. The fourth-order valence-electron chi connectivity index (χ4n) is 4.03. The van der Waals surface area contributed by atoms with Crippen LogP contribution >= 0.6 is 0 Å². The number of halogens is 1. The number of benzene rings is 1. The van der Waals surface area contributed by atoms with Crippen molar-refractivity contribution in [2.75, 3.05) is 5.32 Å². The van der Waals surface area contributed by atoms with Crippen LogP contribution in [0.5, 0.6) is 0 Å². The van der Waals surface area contributed by atoms with Gasteiger partial charge in [-0.3, -0.25) is 9.59 Å². The fourth-order valence-corrected chi connectivity index (χ4v) is 4.03. The first-order chi connectivity index (χ1) is 16.4. The van der Waals surface area contributed by atoms with Crippen LogP contribution in [-0.2, 0) is 25.5 Å². The van der Waals surface area contributed by atoms with E-state index in [0.717, 1.165) is 38.2 Å². The molecule has 1 aliphatic carbocycles. The topological polar surface area (TPSA) is 134 Å². The standard InChI is InChI=1S/C25H36FN3O6/c1-5-20(30)27-19(23(32)33)14-15-11-12-18(17(26)13-15)28-22(31)21(16-9-7-6-8-10-16)29-24(34)35-25(2,3)4/h11-13,16,19,21H,5-10,14H2,1-4H3,(H,27,30)(H,28,31)(H,29,34)(H,32,33)/t19-,21+/m1/s1. The normalized spacial score (nSPS) is 16.0. The highest BCUT2D eigenvalue weighted by atomic mass is 19.1. The summed E-state index contributed by atoms with van der Waals surface area (Å²) < 4.78 is 20.1. The Labute approximate surface area is 205 Å². The van der Waals surface area contributed by atoms with Gasteiger partial charge in [-0.15, -0.1) is 0 Å². The summed E-state index contributed by atoms with van der Waals surface area (Å²) in [6.07, 6.45) is 3.75. The zero-order chi connectivity index (χ0) is 26.2. The Morgan fingerprint density at radius 3 is 2.31 bits per heavy atom. The SMILES string of the molecule is CCC(=O)N[C@H](Cc1ccc(NC(=O)[C@@H](NC(=O)OC(C)(C)C)C2CCCCC2)c(F)c1)C(=O)O. The van der Waals surface area contributed by atoms with Gasteiger partial charge in [0.1, 0.15) is 23.5 Å². The number of hydrogen-bond acceptors (Lipinski definition) is 5. The highest BCUT2D eigenvalue weighted by Gasteiger charge is 2.33. The van der Waals surface area contributed by atoms with Crippen molar-refractivity contribution in [3.05, 3.63) is 29.6 Å². The minimum Gasteiger partial charge on any atom is -0.480 e. The van der Waals surface area contributed by atoms with E-state index in [-0.39, 0.29) is 24.4 Å². The molecule has 0 aromatic heterocycles. The average molecular weight is 494 g/mol. The molecule has 1 aliphatic rings. The maximum Gasteiger partial charge on any atom is 0.408 e. The van der Waals surface area contributed by atoms with Gasteiger partial charge in [0, 0.05) is 12.8 Å². The van der Waals surface area contributed by atoms with Crippen molar-refractivity contribution in [3.63, 3.8) is 0 Å². The van der Waals surface area contributed by atoms with Crippen LogP contribution in [0.4, 0.5) is 14.9 Å². The molecule has 0 radical (unpaired) electrons. The minimum absolute atomic E-state index is 0.0879. The summed E-state index contributed by atoms with van der Waals surface area (Å²) in [7, 11) is 0. The number of carbonyl (C=O) groups excluding carboxylic acids is 3. The largest absolute Gasteiger partial charge is 0.480 e. The number of ether oxygens (including phenoxy) is 1. The van der Waals surface area contributed by atoms with E-state index in [1.807, 2.05) is 0 Å². The van der Waals surface area contributed by atoms with Crippen molar-refractivity contribution in [1.82, 2.24) is 10.6 Å². The number of carboxylic acid groups (broad SMARTS) is 1. The Bertz CT molecular complexity index is 924. The number of hydrogen-bond donors (Lipinski definition) is 4. The number of nitrogens with one attached hydrogen (secondary N) is 3. The van der Waals surface area contributed by atoms with Crippen LogP contribution in [-0.4, -0.2) is 46.7 Å². The maximum absolute atomic E-state index is 14.8. The summed E-state index contributed by atoms with van der Waals surface area (Å²) in [6, 6.07) is 1.87. The van der Waals surface area contributed by atoms with Crippen molar-refractivity contribution in [1.29, 1.82) is 0 Å². The molecule has 10 heteroatoms. The minimum atomic E-state index is -1.23. The first kappa shape index (κ1) is 28.1.